The summed E-state index contributed by atoms with van der Waals surface area (Å²) in [7, 11) is 0. The molecular weight excluding hydrogens is 280 g/mol. The molecule has 2 fully saturated rings. The van der Waals surface area contributed by atoms with Crippen molar-refractivity contribution in [2.24, 2.45) is 5.92 Å². The topological polar surface area (TPSA) is 70.2 Å². The highest BCUT2D eigenvalue weighted by atomic mass is 16.5. The molecule has 1 atom stereocenters. The van der Waals surface area contributed by atoms with Crippen molar-refractivity contribution >= 4 is 5.91 Å². The van der Waals surface area contributed by atoms with Crippen LogP contribution in [0, 0.1) is 5.92 Å². The molecule has 0 bridgehead atoms. The normalized spacial score (nSPS) is 23.6. The van der Waals surface area contributed by atoms with Crippen molar-refractivity contribution in [3.05, 3.63) is 18.0 Å². The quantitative estimate of drug-likeness (QED) is 0.855. The van der Waals surface area contributed by atoms with Gasteiger partial charge in [0.2, 0.25) is 5.91 Å². The van der Waals surface area contributed by atoms with E-state index in [9.17, 15) is 4.79 Å². The summed E-state index contributed by atoms with van der Waals surface area (Å²) in [5.74, 6) is 1.19. The molecule has 0 aliphatic carbocycles. The highest BCUT2D eigenvalue weighted by molar-refractivity contribution is 5.77. The van der Waals surface area contributed by atoms with E-state index >= 15 is 0 Å². The number of hydrogen-bond donors (Lipinski definition) is 2. The Morgan fingerprint density at radius 2 is 2.23 bits per heavy atom. The van der Waals surface area contributed by atoms with Gasteiger partial charge >= 0.3 is 0 Å². The van der Waals surface area contributed by atoms with Gasteiger partial charge in [0.05, 0.1) is 6.61 Å². The van der Waals surface area contributed by atoms with Gasteiger partial charge in [-0.2, -0.15) is 5.10 Å². The van der Waals surface area contributed by atoms with Crippen LogP contribution in [0.25, 0.3) is 0 Å². The smallest absolute Gasteiger partial charge is 0.248 e. The molecule has 0 aromatic carbocycles. The zero-order valence-corrected chi connectivity index (χ0v) is 13.1. The van der Waals surface area contributed by atoms with Crippen molar-refractivity contribution in [2.45, 2.75) is 31.6 Å². The molecule has 3 rings (SSSR count). The summed E-state index contributed by atoms with van der Waals surface area (Å²) in [4.78, 5) is 14.1. The van der Waals surface area contributed by atoms with Crippen molar-refractivity contribution in [3.8, 4) is 0 Å². The number of rotatable bonds is 5. The van der Waals surface area contributed by atoms with Crippen molar-refractivity contribution in [1.29, 1.82) is 0 Å². The second kappa shape index (κ2) is 7.74. The number of likely N-dealkylation sites (tertiary alicyclic amines) is 1. The third-order valence-corrected chi connectivity index (χ3v) is 4.79. The third kappa shape index (κ3) is 4.08. The lowest BCUT2D eigenvalue weighted by molar-refractivity contribution is -0.137. The van der Waals surface area contributed by atoms with E-state index in [1.54, 1.807) is 6.20 Å². The van der Waals surface area contributed by atoms with Gasteiger partial charge in [0.15, 0.2) is 0 Å². The van der Waals surface area contributed by atoms with Crippen LogP contribution in [0.1, 0.15) is 37.3 Å². The first-order valence-electron chi connectivity index (χ1n) is 8.38. The van der Waals surface area contributed by atoms with Crippen LogP contribution >= 0.6 is 0 Å². The second-order valence-electron chi connectivity index (χ2n) is 6.39. The Morgan fingerprint density at radius 1 is 1.36 bits per heavy atom. The van der Waals surface area contributed by atoms with E-state index in [0.717, 1.165) is 39.0 Å². The number of nitrogens with zero attached hydrogens (tertiary/aromatic N) is 2. The maximum atomic E-state index is 12.2. The minimum atomic E-state index is 0.131. The molecule has 6 nitrogen and oxygen atoms in total. The third-order valence-electron chi connectivity index (χ3n) is 4.79. The molecule has 0 spiro atoms. The second-order valence-corrected chi connectivity index (χ2v) is 6.39. The predicted octanol–water partition coefficient (Wildman–Crippen LogP) is 1.13. The zero-order valence-electron chi connectivity index (χ0n) is 13.1. The van der Waals surface area contributed by atoms with E-state index < -0.39 is 0 Å². The average Bonchev–Trinajstić information content (AvgIpc) is 3.10. The first kappa shape index (κ1) is 15.5. The van der Waals surface area contributed by atoms with Crippen molar-refractivity contribution in [1.82, 2.24) is 20.4 Å². The molecule has 3 heterocycles. The molecule has 22 heavy (non-hydrogen) atoms. The summed E-state index contributed by atoms with van der Waals surface area (Å²) in [6.45, 7) is 4.69. The number of aromatic nitrogens is 2. The van der Waals surface area contributed by atoms with E-state index in [2.05, 4.69) is 15.5 Å². The number of nitrogens with one attached hydrogen (secondary N) is 2. The molecule has 122 valence electrons. The van der Waals surface area contributed by atoms with E-state index in [1.807, 2.05) is 11.0 Å². The number of H-pyrrole nitrogens is 1. The molecule has 1 aromatic heterocycles. The maximum absolute atomic E-state index is 12.2. The fourth-order valence-corrected chi connectivity index (χ4v) is 3.40. The fraction of sp³-hybridized carbons (Fsp3) is 0.750. The van der Waals surface area contributed by atoms with Crippen LogP contribution in [0.5, 0.6) is 0 Å². The SMILES string of the molecule is O=C(COCC1CCCNC1)N1CCC(c2ccn[nH]2)CC1. The highest BCUT2D eigenvalue weighted by Gasteiger charge is 2.24. The lowest BCUT2D eigenvalue weighted by atomic mass is 9.94. The summed E-state index contributed by atoms with van der Waals surface area (Å²) in [6, 6.07) is 2.03. The number of hydrogen-bond acceptors (Lipinski definition) is 4. The van der Waals surface area contributed by atoms with Gasteiger partial charge in [-0.05, 0) is 44.2 Å². The molecule has 2 N–H and O–H groups in total. The van der Waals surface area contributed by atoms with Crippen LogP contribution in [-0.4, -0.2) is 60.4 Å². The van der Waals surface area contributed by atoms with Crippen molar-refractivity contribution in [2.75, 3.05) is 39.4 Å². The summed E-state index contributed by atoms with van der Waals surface area (Å²) in [6.07, 6.45) is 6.21. The molecule has 2 aliphatic heterocycles. The van der Waals surface area contributed by atoms with E-state index in [1.165, 1.54) is 18.5 Å². The van der Waals surface area contributed by atoms with Crippen molar-refractivity contribution < 1.29 is 9.53 Å². The lowest BCUT2D eigenvalue weighted by Crippen LogP contribution is -2.40. The predicted molar refractivity (Wildman–Crippen MR) is 83.6 cm³/mol. The summed E-state index contributed by atoms with van der Waals surface area (Å²) >= 11 is 0. The molecular formula is C16H26N4O2. The van der Waals surface area contributed by atoms with Gasteiger partial charge in [0, 0.05) is 37.4 Å². The standard InChI is InChI=1S/C16H26N4O2/c21-16(12-22-11-13-2-1-6-17-10-13)20-8-4-14(5-9-20)15-3-7-18-19-15/h3,7,13-14,17H,1-2,4-6,8-12H2,(H,18,19). The summed E-state index contributed by atoms with van der Waals surface area (Å²) in [5, 5.41) is 10.4. The van der Waals surface area contributed by atoms with Crippen LogP contribution in [0.2, 0.25) is 0 Å². The molecule has 0 radical (unpaired) electrons. The molecule has 1 amide bonds. The number of carbonyl (C=O) groups is 1. The van der Waals surface area contributed by atoms with E-state index in [4.69, 9.17) is 4.74 Å². The number of ether oxygens (including phenoxy) is 1. The zero-order chi connectivity index (χ0) is 15.2. The lowest BCUT2D eigenvalue weighted by Gasteiger charge is -2.31. The highest BCUT2D eigenvalue weighted by Crippen LogP contribution is 2.26. The largest absolute Gasteiger partial charge is 0.371 e. The molecule has 1 unspecified atom stereocenters. The average molecular weight is 306 g/mol. The molecule has 2 saturated heterocycles. The van der Waals surface area contributed by atoms with Crippen LogP contribution in [-0.2, 0) is 9.53 Å². The summed E-state index contributed by atoms with van der Waals surface area (Å²) in [5.41, 5.74) is 1.19. The van der Waals surface area contributed by atoms with Crippen LogP contribution in [0.4, 0.5) is 0 Å². The molecule has 2 aliphatic rings. The van der Waals surface area contributed by atoms with Crippen LogP contribution < -0.4 is 5.32 Å². The Labute approximate surface area is 131 Å². The maximum Gasteiger partial charge on any atom is 0.248 e. The Hall–Kier alpha value is -1.40. The number of piperidine rings is 2. The van der Waals surface area contributed by atoms with Gasteiger partial charge in [0.1, 0.15) is 6.61 Å². The minimum absolute atomic E-state index is 0.131. The molecule has 6 heteroatoms. The van der Waals surface area contributed by atoms with E-state index in [-0.39, 0.29) is 12.5 Å². The first-order valence-corrected chi connectivity index (χ1v) is 8.38. The van der Waals surface area contributed by atoms with Crippen LogP contribution in [0.3, 0.4) is 0 Å². The van der Waals surface area contributed by atoms with Gasteiger partial charge in [0.25, 0.3) is 0 Å². The minimum Gasteiger partial charge on any atom is -0.371 e. The summed E-state index contributed by atoms with van der Waals surface area (Å²) < 4.78 is 5.64. The van der Waals surface area contributed by atoms with Crippen LogP contribution in [0.15, 0.2) is 12.3 Å². The Bertz CT molecular complexity index is 449. The van der Waals surface area contributed by atoms with Gasteiger partial charge in [-0.25, -0.2) is 0 Å². The fourth-order valence-electron chi connectivity index (χ4n) is 3.40. The Morgan fingerprint density at radius 3 is 2.91 bits per heavy atom. The first-order chi connectivity index (χ1) is 10.8. The Kier molecular flexibility index (Phi) is 5.45. The van der Waals surface area contributed by atoms with Gasteiger partial charge in [-0.1, -0.05) is 0 Å². The van der Waals surface area contributed by atoms with Gasteiger partial charge < -0.3 is 15.0 Å². The number of amides is 1. The van der Waals surface area contributed by atoms with Gasteiger partial charge in [-0.15, -0.1) is 0 Å². The van der Waals surface area contributed by atoms with Crippen molar-refractivity contribution in [3.63, 3.8) is 0 Å². The number of aromatic amines is 1. The monoisotopic (exact) mass is 306 g/mol. The number of carbonyl (C=O) groups excluding carboxylic acids is 1. The van der Waals surface area contributed by atoms with E-state index in [0.29, 0.717) is 18.4 Å². The molecule has 0 saturated carbocycles. The van der Waals surface area contributed by atoms with Gasteiger partial charge in [-0.3, -0.25) is 9.89 Å². The Balaban J connectivity index is 1.35. The molecule has 1 aromatic rings.